The number of aliphatic carboxylic acids is 1. The van der Waals surface area contributed by atoms with Gasteiger partial charge in [-0.15, -0.1) is 0 Å². The molecule has 3 N–H and O–H groups in total. The van der Waals surface area contributed by atoms with Crippen molar-refractivity contribution in [3.63, 3.8) is 0 Å². The molecule has 0 saturated carbocycles. The summed E-state index contributed by atoms with van der Waals surface area (Å²) < 4.78 is 90.7. The summed E-state index contributed by atoms with van der Waals surface area (Å²) in [6.45, 7) is 0.547. The van der Waals surface area contributed by atoms with Crippen LogP contribution in [0.5, 0.6) is 5.75 Å². The predicted octanol–water partition coefficient (Wildman–Crippen LogP) is 0.455. The number of carboxylic acid groups (broad SMARTS) is 1. The number of nitrogens with one attached hydrogen (secondary N) is 2. The Balaban J connectivity index is 2.05. The SMILES string of the molecule is O=C(O)CCOCCOCCNC(=O)C#CC(=O)NCCOCCOCCC(=O)Oc1c(F)c(F)c(F)c(F)c1F. The Kier molecular flexibility index (Phi) is 17.2. The Morgan fingerprint density at radius 2 is 0.976 bits per heavy atom. The topological polar surface area (TPSA) is 159 Å². The van der Waals surface area contributed by atoms with Gasteiger partial charge in [0, 0.05) is 24.9 Å². The second-order valence-corrected chi connectivity index (χ2v) is 7.48. The molecule has 0 aromatic heterocycles. The molecule has 0 saturated heterocycles. The van der Waals surface area contributed by atoms with Crippen molar-refractivity contribution >= 4 is 23.8 Å². The number of ether oxygens (including phenoxy) is 5. The van der Waals surface area contributed by atoms with E-state index in [4.69, 9.17) is 24.1 Å². The number of esters is 1. The fourth-order valence-corrected chi connectivity index (χ4v) is 2.47. The lowest BCUT2D eigenvalue weighted by Crippen LogP contribution is -2.28. The van der Waals surface area contributed by atoms with Crippen LogP contribution < -0.4 is 15.4 Å². The molecule has 2 amide bonds. The molecule has 1 aromatic carbocycles. The Morgan fingerprint density at radius 1 is 0.585 bits per heavy atom. The maximum absolute atomic E-state index is 13.5. The number of halogens is 5. The summed E-state index contributed by atoms with van der Waals surface area (Å²) in [5.74, 6) is -12.7. The molecule has 0 radical (unpaired) electrons. The highest BCUT2D eigenvalue weighted by Gasteiger charge is 2.28. The zero-order valence-corrected chi connectivity index (χ0v) is 21.5. The third kappa shape index (κ3) is 14.9. The quantitative estimate of drug-likeness (QED) is 0.0389. The Labute approximate surface area is 230 Å². The van der Waals surface area contributed by atoms with Crippen LogP contribution in [0, 0.1) is 40.9 Å². The van der Waals surface area contributed by atoms with Crippen LogP contribution in [-0.2, 0) is 38.1 Å². The highest BCUT2D eigenvalue weighted by molar-refractivity contribution is 6.02. The van der Waals surface area contributed by atoms with Crippen molar-refractivity contribution in [2.24, 2.45) is 0 Å². The smallest absolute Gasteiger partial charge is 0.313 e. The molecule has 1 rings (SSSR count). The van der Waals surface area contributed by atoms with Crippen LogP contribution in [0.25, 0.3) is 0 Å². The lowest BCUT2D eigenvalue weighted by molar-refractivity contribution is -0.138. The molecule has 0 aliphatic carbocycles. The number of benzene rings is 1. The van der Waals surface area contributed by atoms with Crippen molar-refractivity contribution in [1.29, 1.82) is 0 Å². The van der Waals surface area contributed by atoms with Gasteiger partial charge in [-0.1, -0.05) is 0 Å². The van der Waals surface area contributed by atoms with Crippen LogP contribution >= 0.6 is 0 Å². The van der Waals surface area contributed by atoms with Gasteiger partial charge >= 0.3 is 11.9 Å². The molecule has 0 aliphatic heterocycles. The fourth-order valence-electron chi connectivity index (χ4n) is 2.47. The number of carbonyl (C=O) groups is 4. The van der Waals surface area contributed by atoms with E-state index in [2.05, 4.69) is 27.2 Å². The van der Waals surface area contributed by atoms with E-state index < -0.39 is 65.0 Å². The standard InChI is InChI=1S/C24H27F5N2O10/c25-19-20(26)22(28)24(23(29)21(19)27)41-18(36)4-8-38-12-14-40-10-6-31-16(33)2-1-15(32)30-5-9-39-13-11-37-7-3-17(34)35/h3-14H2,(H,30,32)(H,31,33)(H,34,35). The van der Waals surface area contributed by atoms with Crippen LogP contribution in [-0.4, -0.2) is 94.8 Å². The van der Waals surface area contributed by atoms with Crippen LogP contribution in [0.4, 0.5) is 22.0 Å². The van der Waals surface area contributed by atoms with Crippen LogP contribution in [0.1, 0.15) is 12.8 Å². The summed E-state index contributed by atoms with van der Waals surface area (Å²) in [5, 5.41) is 13.2. The minimum Gasteiger partial charge on any atom is -0.481 e. The maximum atomic E-state index is 13.5. The second kappa shape index (κ2) is 20.1. The molecular formula is C24H27F5N2O10. The zero-order valence-electron chi connectivity index (χ0n) is 21.5. The minimum atomic E-state index is -2.38. The highest BCUT2D eigenvalue weighted by Crippen LogP contribution is 2.29. The molecular weight excluding hydrogens is 571 g/mol. The van der Waals surface area contributed by atoms with E-state index >= 15 is 0 Å². The average molecular weight is 598 g/mol. The van der Waals surface area contributed by atoms with Crippen LogP contribution in [0.2, 0.25) is 0 Å². The Morgan fingerprint density at radius 3 is 1.41 bits per heavy atom. The third-order valence-electron chi connectivity index (χ3n) is 4.39. The molecule has 0 bridgehead atoms. The first kappa shape index (κ1) is 35.2. The number of hydrogen-bond donors (Lipinski definition) is 3. The molecule has 0 heterocycles. The molecule has 41 heavy (non-hydrogen) atoms. The number of carbonyl (C=O) groups excluding carboxylic acids is 3. The lowest BCUT2D eigenvalue weighted by Gasteiger charge is -2.09. The van der Waals surface area contributed by atoms with Crippen LogP contribution in [0.3, 0.4) is 0 Å². The molecule has 228 valence electrons. The first-order chi connectivity index (χ1) is 19.5. The van der Waals surface area contributed by atoms with Gasteiger partial charge in [0.25, 0.3) is 11.8 Å². The number of amides is 2. The van der Waals surface area contributed by atoms with Gasteiger partial charge in [0.15, 0.2) is 0 Å². The predicted molar refractivity (Wildman–Crippen MR) is 126 cm³/mol. The van der Waals surface area contributed by atoms with E-state index in [1.54, 1.807) is 0 Å². The van der Waals surface area contributed by atoms with Crippen molar-refractivity contribution in [2.75, 3.05) is 65.9 Å². The summed E-state index contributed by atoms with van der Waals surface area (Å²) in [4.78, 5) is 45.0. The van der Waals surface area contributed by atoms with Gasteiger partial charge in [0.05, 0.1) is 65.7 Å². The molecule has 0 spiro atoms. The average Bonchev–Trinajstić information content (AvgIpc) is 2.94. The monoisotopic (exact) mass is 598 g/mol. The van der Waals surface area contributed by atoms with Gasteiger partial charge < -0.3 is 39.4 Å². The van der Waals surface area contributed by atoms with E-state index in [9.17, 15) is 41.1 Å². The highest BCUT2D eigenvalue weighted by atomic mass is 19.2. The Hall–Kier alpha value is -3.85. The molecule has 0 fully saturated rings. The summed E-state index contributed by atoms with van der Waals surface area (Å²) in [6.07, 6.45) is -0.664. The minimum absolute atomic E-state index is 0.0210. The van der Waals surface area contributed by atoms with Crippen molar-refractivity contribution < 1.29 is 69.9 Å². The lowest BCUT2D eigenvalue weighted by atomic mass is 10.2. The molecule has 12 nitrogen and oxygen atoms in total. The number of rotatable bonds is 19. The van der Waals surface area contributed by atoms with E-state index in [1.165, 1.54) is 0 Å². The van der Waals surface area contributed by atoms with E-state index in [0.29, 0.717) is 0 Å². The van der Waals surface area contributed by atoms with E-state index in [0.717, 1.165) is 0 Å². The van der Waals surface area contributed by atoms with Gasteiger partial charge in [0.1, 0.15) is 0 Å². The van der Waals surface area contributed by atoms with Crippen LogP contribution in [0.15, 0.2) is 0 Å². The first-order valence-corrected chi connectivity index (χ1v) is 11.9. The van der Waals surface area contributed by atoms with Crippen molar-refractivity contribution in [1.82, 2.24) is 10.6 Å². The fraction of sp³-hybridized carbons (Fsp3) is 0.500. The van der Waals surface area contributed by atoms with E-state index in [-0.39, 0.29) is 72.4 Å². The molecule has 0 atom stereocenters. The largest absolute Gasteiger partial charge is 0.481 e. The molecule has 17 heteroatoms. The van der Waals surface area contributed by atoms with Gasteiger partial charge in [-0.3, -0.25) is 19.2 Å². The summed E-state index contributed by atoms with van der Waals surface area (Å²) >= 11 is 0. The second-order valence-electron chi connectivity index (χ2n) is 7.48. The van der Waals surface area contributed by atoms with Gasteiger partial charge in [0.2, 0.25) is 34.8 Å². The Bertz CT molecular complexity index is 1080. The van der Waals surface area contributed by atoms with Gasteiger partial charge in [-0.2, -0.15) is 8.78 Å². The number of carboxylic acids is 1. The summed E-state index contributed by atoms with van der Waals surface area (Å²) in [7, 11) is 0. The van der Waals surface area contributed by atoms with Gasteiger partial charge in [-0.05, 0) is 0 Å². The first-order valence-electron chi connectivity index (χ1n) is 11.9. The zero-order chi connectivity index (χ0) is 30.6. The summed E-state index contributed by atoms with van der Waals surface area (Å²) in [5.41, 5.74) is 0. The molecule has 0 unspecified atom stereocenters. The molecule has 0 aliphatic rings. The van der Waals surface area contributed by atoms with Crippen molar-refractivity contribution in [3.05, 3.63) is 29.1 Å². The number of hydrogen-bond acceptors (Lipinski definition) is 9. The van der Waals surface area contributed by atoms with Crippen molar-refractivity contribution in [2.45, 2.75) is 12.8 Å². The van der Waals surface area contributed by atoms with Crippen molar-refractivity contribution in [3.8, 4) is 17.6 Å². The molecule has 1 aromatic rings. The maximum Gasteiger partial charge on any atom is 0.313 e. The normalized spacial score (nSPS) is 10.5. The van der Waals surface area contributed by atoms with Gasteiger partial charge in [-0.25, -0.2) is 13.2 Å². The summed E-state index contributed by atoms with van der Waals surface area (Å²) in [6, 6.07) is 0. The van der Waals surface area contributed by atoms with E-state index in [1.807, 2.05) is 0 Å². The third-order valence-corrected chi connectivity index (χ3v) is 4.39.